The number of hydrogen-bond acceptors (Lipinski definition) is 5. The molecule has 1 N–H and O–H groups in total. The Balaban J connectivity index is 1.55. The van der Waals surface area contributed by atoms with Crippen molar-refractivity contribution in [2.24, 2.45) is 18.9 Å². The number of likely N-dealkylation sites (tertiary alicyclic amines) is 1. The molecule has 150 valence electrons. The number of fused-ring (bicyclic) bond motifs is 4. The first-order chi connectivity index (χ1) is 12.8. The molecule has 9 heteroatoms. The summed E-state index contributed by atoms with van der Waals surface area (Å²) in [4.78, 5) is 17.2. The van der Waals surface area contributed by atoms with Crippen LogP contribution in [-0.2, 0) is 28.4 Å². The van der Waals surface area contributed by atoms with E-state index in [4.69, 9.17) is 0 Å². The highest BCUT2D eigenvalue weighted by Crippen LogP contribution is 2.41. The van der Waals surface area contributed by atoms with Gasteiger partial charge in [0.05, 0.1) is 11.9 Å². The first kappa shape index (κ1) is 18.9. The van der Waals surface area contributed by atoms with Gasteiger partial charge in [0.15, 0.2) is 0 Å². The van der Waals surface area contributed by atoms with Crippen LogP contribution in [0.4, 0.5) is 0 Å². The van der Waals surface area contributed by atoms with Crippen molar-refractivity contribution >= 4 is 15.9 Å². The number of hydrogen-bond donors (Lipinski definition) is 1. The van der Waals surface area contributed by atoms with Gasteiger partial charge in [-0.2, -0.15) is 5.10 Å². The molecule has 4 rings (SSSR count). The topological polar surface area (TPSA) is 87.5 Å². The van der Waals surface area contributed by atoms with Crippen LogP contribution in [0.5, 0.6) is 0 Å². The fraction of sp³-hybridized carbons (Fsp3) is 0.778. The molecule has 1 amide bonds. The van der Waals surface area contributed by atoms with Gasteiger partial charge < -0.3 is 4.90 Å². The first-order valence-electron chi connectivity index (χ1n) is 9.77. The highest BCUT2D eigenvalue weighted by atomic mass is 32.2. The van der Waals surface area contributed by atoms with E-state index in [9.17, 15) is 13.2 Å². The molecule has 0 spiro atoms. The van der Waals surface area contributed by atoms with Crippen molar-refractivity contribution < 1.29 is 13.2 Å². The van der Waals surface area contributed by atoms with Gasteiger partial charge in [-0.15, -0.1) is 0 Å². The number of sulfonamides is 1. The SMILES string of the molecule is Cn1ccc(CN2C[C@H]3C[C@@H](C2)[C@H](CNS(C)(=O)=O)N2C(=O)CCC[C@@H]32)n1. The minimum atomic E-state index is -3.28. The second-order valence-corrected chi connectivity index (χ2v) is 10.2. The Hall–Kier alpha value is -1.45. The second kappa shape index (κ2) is 7.18. The predicted molar refractivity (Wildman–Crippen MR) is 101 cm³/mol. The summed E-state index contributed by atoms with van der Waals surface area (Å²) in [5, 5.41) is 4.50. The van der Waals surface area contributed by atoms with Crippen molar-refractivity contribution in [1.82, 2.24) is 24.3 Å². The van der Waals surface area contributed by atoms with Gasteiger partial charge in [0.25, 0.3) is 0 Å². The van der Waals surface area contributed by atoms with E-state index in [2.05, 4.69) is 14.7 Å². The van der Waals surface area contributed by atoms with E-state index in [1.165, 1.54) is 6.26 Å². The van der Waals surface area contributed by atoms with Gasteiger partial charge in [-0.1, -0.05) is 0 Å². The zero-order valence-electron chi connectivity index (χ0n) is 16.0. The van der Waals surface area contributed by atoms with Gasteiger partial charge in [0, 0.05) is 57.9 Å². The van der Waals surface area contributed by atoms with Crippen LogP contribution in [0, 0.1) is 11.8 Å². The summed E-state index contributed by atoms with van der Waals surface area (Å²) < 4.78 is 27.8. The number of nitrogens with one attached hydrogen (secondary N) is 1. The molecular weight excluding hydrogens is 366 g/mol. The van der Waals surface area contributed by atoms with Crippen molar-refractivity contribution in [3.05, 3.63) is 18.0 Å². The highest BCUT2D eigenvalue weighted by Gasteiger charge is 2.49. The van der Waals surface area contributed by atoms with Gasteiger partial charge in [0.2, 0.25) is 15.9 Å². The van der Waals surface area contributed by atoms with Crippen LogP contribution in [0.3, 0.4) is 0 Å². The average Bonchev–Trinajstić information content (AvgIpc) is 2.99. The Bertz CT molecular complexity index is 808. The molecule has 27 heavy (non-hydrogen) atoms. The van der Waals surface area contributed by atoms with E-state index >= 15 is 0 Å². The third kappa shape index (κ3) is 4.05. The lowest BCUT2D eigenvalue weighted by Crippen LogP contribution is -2.66. The predicted octanol–water partition coefficient (Wildman–Crippen LogP) is 0.171. The third-order valence-corrected chi connectivity index (χ3v) is 6.97. The number of carbonyl (C=O) groups is 1. The highest BCUT2D eigenvalue weighted by molar-refractivity contribution is 7.88. The molecule has 3 aliphatic rings. The van der Waals surface area contributed by atoms with Crippen LogP contribution >= 0.6 is 0 Å². The molecule has 3 aliphatic heterocycles. The molecule has 1 aromatic rings. The minimum absolute atomic E-state index is 0.0553. The van der Waals surface area contributed by atoms with E-state index in [0.717, 1.165) is 44.6 Å². The summed E-state index contributed by atoms with van der Waals surface area (Å²) >= 11 is 0. The van der Waals surface area contributed by atoms with Crippen molar-refractivity contribution in [3.8, 4) is 0 Å². The maximum Gasteiger partial charge on any atom is 0.223 e. The molecule has 1 aromatic heterocycles. The number of carbonyl (C=O) groups excluding carboxylic acids is 1. The molecule has 3 fully saturated rings. The average molecular weight is 396 g/mol. The Morgan fingerprint density at radius 3 is 2.78 bits per heavy atom. The molecule has 0 aliphatic carbocycles. The molecule has 0 saturated carbocycles. The number of aryl methyl sites for hydroxylation is 1. The van der Waals surface area contributed by atoms with E-state index < -0.39 is 10.0 Å². The maximum absolute atomic E-state index is 12.7. The largest absolute Gasteiger partial charge is 0.335 e. The van der Waals surface area contributed by atoms with Crippen molar-refractivity contribution in [1.29, 1.82) is 0 Å². The molecule has 2 bridgehead atoms. The number of rotatable bonds is 5. The first-order valence-corrected chi connectivity index (χ1v) is 11.7. The van der Waals surface area contributed by atoms with E-state index in [-0.39, 0.29) is 18.0 Å². The van der Waals surface area contributed by atoms with Gasteiger partial charge in [0.1, 0.15) is 0 Å². The monoisotopic (exact) mass is 395 g/mol. The molecule has 0 radical (unpaired) electrons. The Kier molecular flexibility index (Phi) is 5.02. The molecular formula is C18H29N5O3S. The second-order valence-electron chi connectivity index (χ2n) is 8.38. The quantitative estimate of drug-likeness (QED) is 0.768. The number of nitrogens with zero attached hydrogens (tertiary/aromatic N) is 4. The number of aromatic nitrogens is 2. The lowest BCUT2D eigenvalue weighted by molar-refractivity contribution is -0.152. The van der Waals surface area contributed by atoms with Gasteiger partial charge in [-0.05, 0) is 37.2 Å². The summed E-state index contributed by atoms with van der Waals surface area (Å²) in [5.41, 5.74) is 1.06. The lowest BCUT2D eigenvalue weighted by Gasteiger charge is -2.56. The number of amides is 1. The van der Waals surface area contributed by atoms with Crippen LogP contribution in [0.15, 0.2) is 12.3 Å². The smallest absolute Gasteiger partial charge is 0.223 e. The normalized spacial score (nSPS) is 31.8. The third-order valence-electron chi connectivity index (χ3n) is 6.28. The minimum Gasteiger partial charge on any atom is -0.335 e. The van der Waals surface area contributed by atoms with Gasteiger partial charge >= 0.3 is 0 Å². The van der Waals surface area contributed by atoms with Crippen LogP contribution in [0.2, 0.25) is 0 Å². The molecule has 4 atom stereocenters. The van der Waals surface area contributed by atoms with Crippen LogP contribution in [-0.4, -0.2) is 71.9 Å². The van der Waals surface area contributed by atoms with E-state index in [1.54, 1.807) is 0 Å². The van der Waals surface area contributed by atoms with E-state index in [0.29, 0.717) is 24.8 Å². The Morgan fingerprint density at radius 2 is 2.07 bits per heavy atom. The van der Waals surface area contributed by atoms with Crippen molar-refractivity contribution in [2.75, 3.05) is 25.9 Å². The Labute approximate surface area is 160 Å². The molecule has 0 aromatic carbocycles. The summed E-state index contributed by atoms with van der Waals surface area (Å²) in [5.74, 6) is 0.950. The zero-order valence-corrected chi connectivity index (χ0v) is 16.9. The molecule has 4 heterocycles. The standard InChI is InChI=1S/C18H29N5O3S/c1-21-7-6-15(20-21)12-22-10-13-8-14(11-22)17(9-19-27(2,25)26)23-16(13)4-3-5-18(23)24/h6-7,13-14,16-17,19H,3-5,8-12H2,1-2H3/t13-,14+,16+,17+/m1/s1. The summed E-state index contributed by atoms with van der Waals surface area (Å²) in [7, 11) is -1.36. The molecule has 8 nitrogen and oxygen atoms in total. The number of piperidine rings is 3. The van der Waals surface area contributed by atoms with Crippen molar-refractivity contribution in [3.63, 3.8) is 0 Å². The van der Waals surface area contributed by atoms with E-state index in [1.807, 2.05) is 28.9 Å². The van der Waals surface area contributed by atoms with Crippen LogP contribution < -0.4 is 4.72 Å². The van der Waals surface area contributed by atoms with Crippen molar-refractivity contribution in [2.45, 2.75) is 44.3 Å². The lowest BCUT2D eigenvalue weighted by atomic mass is 9.72. The summed E-state index contributed by atoms with van der Waals surface area (Å²) in [6, 6.07) is 2.23. The van der Waals surface area contributed by atoms with Crippen LogP contribution in [0.1, 0.15) is 31.4 Å². The summed E-state index contributed by atoms with van der Waals surface area (Å²) in [6.07, 6.45) is 6.76. The maximum atomic E-state index is 12.7. The van der Waals surface area contributed by atoms with Gasteiger partial charge in [-0.3, -0.25) is 14.4 Å². The fourth-order valence-corrected chi connectivity index (χ4v) is 5.75. The van der Waals surface area contributed by atoms with Crippen LogP contribution in [0.25, 0.3) is 0 Å². The fourth-order valence-electron chi connectivity index (χ4n) is 5.28. The molecule has 0 unspecified atom stereocenters. The summed E-state index contributed by atoms with van der Waals surface area (Å²) in [6.45, 7) is 2.98. The molecule has 3 saturated heterocycles. The Morgan fingerprint density at radius 1 is 1.30 bits per heavy atom. The van der Waals surface area contributed by atoms with Gasteiger partial charge in [-0.25, -0.2) is 13.1 Å². The zero-order chi connectivity index (χ0) is 19.2.